The van der Waals surface area contributed by atoms with Crippen LogP contribution in [0.2, 0.25) is 0 Å². The van der Waals surface area contributed by atoms with Gasteiger partial charge in [0, 0.05) is 24.0 Å². The van der Waals surface area contributed by atoms with Crippen LogP contribution < -0.4 is 10.6 Å². The molecule has 148 valence electrons. The van der Waals surface area contributed by atoms with E-state index in [1.807, 2.05) is 33.2 Å². The third-order valence-electron chi connectivity index (χ3n) is 4.22. The van der Waals surface area contributed by atoms with Gasteiger partial charge in [-0.05, 0) is 40.5 Å². The molecule has 1 fully saturated rings. The quantitative estimate of drug-likeness (QED) is 0.716. The molecule has 0 aromatic carbocycles. The Kier molecular flexibility index (Phi) is 5.83. The van der Waals surface area contributed by atoms with Gasteiger partial charge in [-0.2, -0.15) is 4.98 Å². The highest BCUT2D eigenvalue weighted by molar-refractivity contribution is 7.09. The molecule has 0 spiro atoms. The maximum Gasteiger partial charge on any atom is 0.410 e. The Morgan fingerprint density at radius 3 is 2.78 bits per heavy atom. The number of aryl methyl sites for hydroxylation is 1. The highest BCUT2D eigenvalue weighted by atomic mass is 32.1. The summed E-state index contributed by atoms with van der Waals surface area (Å²) in [6.07, 6.45) is 1.43. The lowest BCUT2D eigenvalue weighted by molar-refractivity contribution is 0.0210. The second-order valence-electron chi connectivity index (χ2n) is 7.61. The van der Waals surface area contributed by atoms with E-state index in [1.54, 1.807) is 16.2 Å². The molecule has 2 aromatic rings. The van der Waals surface area contributed by atoms with Gasteiger partial charge in [0.25, 0.3) is 0 Å². The first-order chi connectivity index (χ1) is 12.8. The number of anilines is 2. The van der Waals surface area contributed by atoms with Gasteiger partial charge in [0.2, 0.25) is 11.9 Å². The molecule has 10 heteroatoms. The zero-order chi connectivity index (χ0) is 19.4. The number of amides is 1. The molecule has 9 nitrogen and oxygen atoms in total. The molecular weight excluding hydrogens is 366 g/mol. The Morgan fingerprint density at radius 2 is 2.15 bits per heavy atom. The number of piperidine rings is 1. The fraction of sp³-hybridized carbons (Fsp3) is 0.647. The Hall–Kier alpha value is -2.36. The summed E-state index contributed by atoms with van der Waals surface area (Å²) in [6, 6.07) is 0.244. The molecular formula is C17H27N7O2S. The lowest BCUT2D eigenvalue weighted by Crippen LogP contribution is -2.44. The van der Waals surface area contributed by atoms with E-state index in [4.69, 9.17) is 4.74 Å². The fourth-order valence-electron chi connectivity index (χ4n) is 2.79. The summed E-state index contributed by atoms with van der Waals surface area (Å²) in [6.45, 7) is 9.61. The van der Waals surface area contributed by atoms with Crippen LogP contribution >= 0.6 is 11.3 Å². The molecule has 2 aromatic heterocycles. The van der Waals surface area contributed by atoms with Crippen LogP contribution in [0.3, 0.4) is 0 Å². The number of aromatic nitrogens is 4. The number of ether oxygens (including phenoxy) is 1. The van der Waals surface area contributed by atoms with Gasteiger partial charge in [0.05, 0.1) is 17.7 Å². The van der Waals surface area contributed by atoms with Crippen LogP contribution in [0.25, 0.3) is 0 Å². The second-order valence-corrected chi connectivity index (χ2v) is 8.55. The third kappa shape index (κ3) is 5.56. The average molecular weight is 394 g/mol. The van der Waals surface area contributed by atoms with Gasteiger partial charge in [0.1, 0.15) is 5.60 Å². The van der Waals surface area contributed by atoms with Gasteiger partial charge in [0.15, 0.2) is 0 Å². The zero-order valence-corrected chi connectivity index (χ0v) is 17.0. The summed E-state index contributed by atoms with van der Waals surface area (Å²) in [5, 5.41) is 13.6. The molecule has 3 rings (SSSR count). The number of likely N-dealkylation sites (tertiary alicyclic amines) is 1. The summed E-state index contributed by atoms with van der Waals surface area (Å²) in [4.78, 5) is 23.7. The molecule has 0 unspecified atom stereocenters. The van der Waals surface area contributed by atoms with Crippen LogP contribution in [0.15, 0.2) is 5.51 Å². The summed E-state index contributed by atoms with van der Waals surface area (Å²) in [5.74, 6) is 1.19. The molecule has 0 aliphatic carbocycles. The van der Waals surface area contributed by atoms with Crippen molar-refractivity contribution in [1.82, 2.24) is 25.1 Å². The van der Waals surface area contributed by atoms with Crippen molar-refractivity contribution in [3.63, 3.8) is 0 Å². The van der Waals surface area contributed by atoms with Gasteiger partial charge in [-0.15, -0.1) is 16.4 Å². The van der Waals surface area contributed by atoms with Crippen molar-refractivity contribution in [2.75, 3.05) is 23.7 Å². The monoisotopic (exact) mass is 393 g/mol. The number of rotatable bonds is 5. The number of H-pyrrole nitrogens is 1. The minimum atomic E-state index is -0.465. The molecule has 0 saturated carbocycles. The van der Waals surface area contributed by atoms with Crippen LogP contribution in [-0.2, 0) is 11.3 Å². The first-order valence-electron chi connectivity index (χ1n) is 9.10. The minimum absolute atomic E-state index is 0.244. The van der Waals surface area contributed by atoms with Crippen molar-refractivity contribution >= 4 is 29.3 Å². The molecule has 27 heavy (non-hydrogen) atoms. The Bertz CT molecular complexity index is 759. The fourth-order valence-corrected chi connectivity index (χ4v) is 3.50. The summed E-state index contributed by atoms with van der Waals surface area (Å²) >= 11 is 1.61. The molecule has 3 heterocycles. The Balaban J connectivity index is 1.43. The van der Waals surface area contributed by atoms with Crippen LogP contribution in [0.4, 0.5) is 16.7 Å². The van der Waals surface area contributed by atoms with E-state index in [0.717, 1.165) is 18.5 Å². The van der Waals surface area contributed by atoms with E-state index in [1.165, 1.54) is 4.88 Å². The number of nitrogens with one attached hydrogen (secondary N) is 3. The largest absolute Gasteiger partial charge is 0.444 e. The average Bonchev–Trinajstić information content (AvgIpc) is 3.21. The maximum atomic E-state index is 12.1. The standard InChI is InChI=1S/C17H27N7O2S/c1-11-13(27-10-19-11)9-18-14-21-15(23-22-14)20-12-5-7-24(8-6-12)16(25)26-17(2,3)4/h10,12H,5-9H2,1-4H3,(H3,18,20,21,22,23). The molecule has 0 radical (unpaired) electrons. The number of thiazole rings is 1. The number of aromatic amines is 1. The molecule has 0 bridgehead atoms. The molecule has 0 atom stereocenters. The minimum Gasteiger partial charge on any atom is -0.444 e. The van der Waals surface area contributed by atoms with Gasteiger partial charge in [-0.3, -0.25) is 0 Å². The van der Waals surface area contributed by atoms with Crippen molar-refractivity contribution in [3.8, 4) is 0 Å². The van der Waals surface area contributed by atoms with Gasteiger partial charge < -0.3 is 20.3 Å². The highest BCUT2D eigenvalue weighted by Crippen LogP contribution is 2.18. The van der Waals surface area contributed by atoms with Crippen molar-refractivity contribution < 1.29 is 9.53 Å². The predicted molar refractivity (Wildman–Crippen MR) is 105 cm³/mol. The third-order valence-corrected chi connectivity index (χ3v) is 5.16. The first-order valence-corrected chi connectivity index (χ1v) is 9.98. The van der Waals surface area contributed by atoms with Crippen molar-refractivity contribution in [3.05, 3.63) is 16.1 Å². The highest BCUT2D eigenvalue weighted by Gasteiger charge is 2.27. The molecule has 3 N–H and O–H groups in total. The lowest BCUT2D eigenvalue weighted by Gasteiger charge is -2.33. The maximum absolute atomic E-state index is 12.1. The Morgan fingerprint density at radius 1 is 1.41 bits per heavy atom. The van der Waals surface area contributed by atoms with Gasteiger partial charge in [-0.1, -0.05) is 0 Å². The number of carbonyl (C=O) groups is 1. The molecule has 1 amide bonds. The van der Waals surface area contributed by atoms with E-state index >= 15 is 0 Å². The Labute approximate surface area is 162 Å². The predicted octanol–water partition coefficient (Wildman–Crippen LogP) is 2.99. The van der Waals surface area contributed by atoms with E-state index in [0.29, 0.717) is 31.5 Å². The van der Waals surface area contributed by atoms with Crippen LogP contribution in [-0.4, -0.2) is 55.9 Å². The van der Waals surface area contributed by atoms with E-state index in [-0.39, 0.29) is 12.1 Å². The summed E-state index contributed by atoms with van der Waals surface area (Å²) in [7, 11) is 0. The van der Waals surface area contributed by atoms with Crippen LogP contribution in [0, 0.1) is 6.92 Å². The van der Waals surface area contributed by atoms with Gasteiger partial charge in [-0.25, -0.2) is 14.9 Å². The number of carbonyl (C=O) groups excluding carboxylic acids is 1. The number of hydrogen-bond acceptors (Lipinski definition) is 8. The lowest BCUT2D eigenvalue weighted by atomic mass is 10.1. The summed E-state index contributed by atoms with van der Waals surface area (Å²) in [5.41, 5.74) is 2.40. The molecule has 1 aliphatic rings. The van der Waals surface area contributed by atoms with Crippen molar-refractivity contribution in [2.45, 2.75) is 58.7 Å². The molecule has 1 aliphatic heterocycles. The van der Waals surface area contributed by atoms with Crippen molar-refractivity contribution in [1.29, 1.82) is 0 Å². The smallest absolute Gasteiger partial charge is 0.410 e. The van der Waals surface area contributed by atoms with E-state index < -0.39 is 5.60 Å². The first kappa shape index (κ1) is 19.4. The normalized spacial score (nSPS) is 15.6. The number of nitrogens with zero attached hydrogens (tertiary/aromatic N) is 4. The second kappa shape index (κ2) is 8.12. The van der Waals surface area contributed by atoms with Crippen molar-refractivity contribution in [2.24, 2.45) is 0 Å². The van der Waals surface area contributed by atoms with E-state index in [9.17, 15) is 4.79 Å². The molecule has 1 saturated heterocycles. The summed E-state index contributed by atoms with van der Waals surface area (Å²) < 4.78 is 5.43. The van der Waals surface area contributed by atoms with Gasteiger partial charge >= 0.3 is 6.09 Å². The van der Waals surface area contributed by atoms with Crippen LogP contribution in [0.1, 0.15) is 44.2 Å². The number of hydrogen-bond donors (Lipinski definition) is 3. The SMILES string of the molecule is Cc1ncsc1CNc1n[nH]c(NC2CCN(C(=O)OC(C)(C)C)CC2)n1. The van der Waals surface area contributed by atoms with Crippen LogP contribution in [0.5, 0.6) is 0 Å². The zero-order valence-electron chi connectivity index (χ0n) is 16.2. The van der Waals surface area contributed by atoms with E-state index in [2.05, 4.69) is 30.8 Å². The topological polar surface area (TPSA) is 108 Å².